The zero-order valence-electron chi connectivity index (χ0n) is 19.2. The Bertz CT molecular complexity index is 1220. The first-order chi connectivity index (χ1) is 16.4. The Morgan fingerprint density at radius 1 is 1.21 bits per heavy atom. The van der Waals surface area contributed by atoms with E-state index in [4.69, 9.17) is 20.9 Å². The zero-order valence-corrected chi connectivity index (χ0v) is 19.9. The molecule has 1 aliphatic heterocycles. The third-order valence-electron chi connectivity index (χ3n) is 5.53. The van der Waals surface area contributed by atoms with Crippen molar-refractivity contribution in [2.75, 3.05) is 20.2 Å². The van der Waals surface area contributed by atoms with Gasteiger partial charge in [-0.25, -0.2) is 5.01 Å². The van der Waals surface area contributed by atoms with Gasteiger partial charge in [0.1, 0.15) is 10.9 Å². The van der Waals surface area contributed by atoms with Gasteiger partial charge in [0, 0.05) is 50.2 Å². The number of amides is 2. The number of ether oxygens (including phenoxy) is 1. The molecule has 0 unspecified atom stereocenters. The molecule has 178 valence electrons. The summed E-state index contributed by atoms with van der Waals surface area (Å²) >= 11 is 6.22. The van der Waals surface area contributed by atoms with Gasteiger partial charge in [0.05, 0.1) is 12.8 Å². The predicted octanol–water partition coefficient (Wildman–Crippen LogP) is 3.06. The van der Waals surface area contributed by atoms with Crippen LogP contribution < -0.4 is 4.74 Å². The summed E-state index contributed by atoms with van der Waals surface area (Å²) < 4.78 is 12.0. The van der Waals surface area contributed by atoms with E-state index in [9.17, 15) is 9.59 Å². The van der Waals surface area contributed by atoms with Crippen molar-refractivity contribution in [2.24, 2.45) is 7.05 Å². The lowest BCUT2D eigenvalue weighted by molar-refractivity contribution is -0.154. The predicted molar refractivity (Wildman–Crippen MR) is 125 cm³/mol. The molecule has 1 aliphatic rings. The molecule has 1 aromatic carbocycles. The van der Waals surface area contributed by atoms with Crippen molar-refractivity contribution in [3.63, 3.8) is 0 Å². The Morgan fingerprint density at radius 3 is 2.62 bits per heavy atom. The molecule has 2 aromatic heterocycles. The standard InChI is InChI=1S/C23H25ClN6O4/c1-15-18(22(24)28(2)26-15)9-11-20(31)29-13-4-14-30(29)21(32)12-10-19-25-23(27-34-19)16-5-7-17(33-3)8-6-16/h5-9,11H,4,10,12-14H2,1-3H3. The number of halogens is 1. The molecule has 1 saturated heterocycles. The van der Waals surface area contributed by atoms with Crippen molar-refractivity contribution in [1.29, 1.82) is 0 Å². The van der Waals surface area contributed by atoms with E-state index in [1.54, 1.807) is 24.9 Å². The molecule has 3 aromatic rings. The second kappa shape index (κ2) is 10.1. The Kier molecular flexibility index (Phi) is 6.97. The van der Waals surface area contributed by atoms with E-state index in [2.05, 4.69) is 15.2 Å². The van der Waals surface area contributed by atoms with Crippen LogP contribution in [0.1, 0.15) is 30.0 Å². The number of carbonyl (C=O) groups excluding carboxylic acids is 2. The van der Waals surface area contributed by atoms with Crippen molar-refractivity contribution in [3.05, 3.63) is 52.6 Å². The van der Waals surface area contributed by atoms with Crippen LogP contribution in [-0.4, -0.2) is 62.0 Å². The molecular weight excluding hydrogens is 460 g/mol. The highest BCUT2D eigenvalue weighted by molar-refractivity contribution is 6.31. The summed E-state index contributed by atoms with van der Waals surface area (Å²) in [4.78, 5) is 30.0. The second-order valence-electron chi connectivity index (χ2n) is 7.82. The number of nitrogens with zero attached hydrogens (tertiary/aromatic N) is 6. The largest absolute Gasteiger partial charge is 0.497 e. The quantitative estimate of drug-likeness (QED) is 0.474. The van der Waals surface area contributed by atoms with Crippen LogP contribution in [0, 0.1) is 6.92 Å². The first kappa shape index (κ1) is 23.5. The third kappa shape index (κ3) is 4.96. The van der Waals surface area contributed by atoms with Gasteiger partial charge in [-0.05, 0) is 43.7 Å². The van der Waals surface area contributed by atoms with Gasteiger partial charge in [-0.3, -0.25) is 19.3 Å². The Morgan fingerprint density at radius 2 is 1.94 bits per heavy atom. The van der Waals surface area contributed by atoms with Crippen LogP contribution in [0.4, 0.5) is 0 Å². The summed E-state index contributed by atoms with van der Waals surface area (Å²) in [5, 5.41) is 11.6. The van der Waals surface area contributed by atoms with Gasteiger partial charge in [-0.2, -0.15) is 10.1 Å². The minimum absolute atomic E-state index is 0.144. The molecule has 0 bridgehead atoms. The third-order valence-corrected chi connectivity index (χ3v) is 5.98. The number of hydrogen-bond acceptors (Lipinski definition) is 7. The molecule has 0 radical (unpaired) electrons. The number of carbonyl (C=O) groups is 2. The topological polar surface area (TPSA) is 107 Å². The normalized spacial score (nSPS) is 13.8. The van der Waals surface area contributed by atoms with Crippen LogP contribution in [0.15, 0.2) is 34.9 Å². The van der Waals surface area contributed by atoms with Crippen LogP contribution in [0.2, 0.25) is 5.15 Å². The molecule has 0 saturated carbocycles. The lowest BCUT2D eigenvalue weighted by Crippen LogP contribution is -2.44. The van der Waals surface area contributed by atoms with Crippen LogP contribution in [-0.2, 0) is 23.1 Å². The second-order valence-corrected chi connectivity index (χ2v) is 8.18. The Hall–Kier alpha value is -3.66. The molecule has 1 fully saturated rings. The first-order valence-electron chi connectivity index (χ1n) is 10.8. The first-order valence-corrected chi connectivity index (χ1v) is 11.2. The Balaban J connectivity index is 1.36. The highest BCUT2D eigenvalue weighted by Crippen LogP contribution is 2.22. The van der Waals surface area contributed by atoms with E-state index in [0.717, 1.165) is 17.0 Å². The molecule has 0 N–H and O–H groups in total. The summed E-state index contributed by atoms with van der Waals surface area (Å²) in [6.45, 7) is 2.77. The van der Waals surface area contributed by atoms with Gasteiger partial charge in [0.25, 0.3) is 5.91 Å². The number of hydrazine groups is 1. The summed E-state index contributed by atoms with van der Waals surface area (Å²) in [7, 11) is 3.33. The van der Waals surface area contributed by atoms with Gasteiger partial charge in [0.15, 0.2) is 0 Å². The van der Waals surface area contributed by atoms with Gasteiger partial charge in [-0.1, -0.05) is 16.8 Å². The number of rotatable bonds is 7. The van der Waals surface area contributed by atoms with Crippen LogP contribution in [0.5, 0.6) is 5.75 Å². The zero-order chi connectivity index (χ0) is 24.2. The van der Waals surface area contributed by atoms with Crippen molar-refractivity contribution >= 4 is 29.5 Å². The highest BCUT2D eigenvalue weighted by atomic mass is 35.5. The van der Waals surface area contributed by atoms with Gasteiger partial charge < -0.3 is 9.26 Å². The molecule has 34 heavy (non-hydrogen) atoms. The lowest BCUT2D eigenvalue weighted by Gasteiger charge is -2.26. The molecule has 4 rings (SSSR count). The molecule has 0 spiro atoms. The van der Waals surface area contributed by atoms with Crippen molar-refractivity contribution in [3.8, 4) is 17.1 Å². The van der Waals surface area contributed by atoms with Crippen LogP contribution >= 0.6 is 11.6 Å². The number of aromatic nitrogens is 4. The fraction of sp³-hybridized carbons (Fsp3) is 0.348. The van der Waals surface area contributed by atoms with Crippen LogP contribution in [0.3, 0.4) is 0 Å². The number of hydrogen-bond donors (Lipinski definition) is 0. The number of benzene rings is 1. The van der Waals surface area contributed by atoms with E-state index in [1.165, 1.54) is 16.1 Å². The van der Waals surface area contributed by atoms with Crippen molar-refractivity contribution < 1.29 is 18.8 Å². The average molecular weight is 485 g/mol. The molecule has 3 heterocycles. The number of aryl methyl sites for hydroxylation is 3. The molecular formula is C23H25ClN6O4. The maximum absolute atomic E-state index is 12.8. The SMILES string of the molecule is COc1ccc(-c2noc(CCC(=O)N3CCCN3C(=O)C=Cc3c(C)nn(C)c3Cl)n2)cc1. The Labute approximate surface area is 201 Å². The summed E-state index contributed by atoms with van der Waals surface area (Å²) in [5.74, 6) is 1.07. The van der Waals surface area contributed by atoms with Crippen molar-refractivity contribution in [2.45, 2.75) is 26.2 Å². The molecule has 0 atom stereocenters. The maximum atomic E-state index is 12.8. The smallest absolute Gasteiger partial charge is 0.265 e. The summed E-state index contributed by atoms with van der Waals surface area (Å²) in [5.41, 5.74) is 2.19. The molecule has 2 amide bonds. The molecule has 11 heteroatoms. The van der Waals surface area contributed by atoms with Gasteiger partial charge in [-0.15, -0.1) is 0 Å². The highest BCUT2D eigenvalue weighted by Gasteiger charge is 2.29. The van der Waals surface area contributed by atoms with E-state index < -0.39 is 0 Å². The van der Waals surface area contributed by atoms with E-state index in [0.29, 0.717) is 41.9 Å². The van der Waals surface area contributed by atoms with E-state index in [-0.39, 0.29) is 24.7 Å². The van der Waals surface area contributed by atoms with E-state index >= 15 is 0 Å². The summed E-state index contributed by atoms with van der Waals surface area (Å²) in [6.07, 6.45) is 4.18. The fourth-order valence-electron chi connectivity index (χ4n) is 3.73. The monoisotopic (exact) mass is 484 g/mol. The van der Waals surface area contributed by atoms with Gasteiger partial charge in [0.2, 0.25) is 17.6 Å². The number of methoxy groups -OCH3 is 1. The lowest BCUT2D eigenvalue weighted by atomic mass is 10.2. The minimum Gasteiger partial charge on any atom is -0.497 e. The van der Waals surface area contributed by atoms with Gasteiger partial charge >= 0.3 is 0 Å². The minimum atomic E-state index is -0.287. The average Bonchev–Trinajstić information content (AvgIpc) is 3.57. The molecule has 0 aliphatic carbocycles. The van der Waals surface area contributed by atoms with E-state index in [1.807, 2.05) is 31.2 Å². The van der Waals surface area contributed by atoms with Crippen molar-refractivity contribution in [1.82, 2.24) is 29.9 Å². The van der Waals surface area contributed by atoms with Crippen LogP contribution in [0.25, 0.3) is 17.5 Å². The maximum Gasteiger partial charge on any atom is 0.265 e. The molecule has 10 nitrogen and oxygen atoms in total. The fourth-order valence-corrected chi connectivity index (χ4v) is 3.97. The summed E-state index contributed by atoms with van der Waals surface area (Å²) in [6, 6.07) is 7.29.